The van der Waals surface area contributed by atoms with Crippen LogP contribution in [-0.2, 0) is 27.4 Å². The van der Waals surface area contributed by atoms with E-state index in [4.69, 9.17) is 4.74 Å². The summed E-state index contributed by atoms with van der Waals surface area (Å²) in [7, 11) is 2.11. The van der Waals surface area contributed by atoms with Crippen LogP contribution < -0.4 is 0 Å². The molecule has 1 aliphatic rings. The number of ketones is 1. The molecule has 2 heterocycles. The Bertz CT molecular complexity index is 508. The number of esters is 1. The zero-order valence-electron chi connectivity index (χ0n) is 13.2. The van der Waals surface area contributed by atoms with Crippen LogP contribution in [0.5, 0.6) is 0 Å². The maximum Gasteiger partial charge on any atom is 0.313 e. The molecule has 2 rings (SSSR count). The molecule has 0 spiro atoms. The van der Waals surface area contributed by atoms with Gasteiger partial charge < -0.3 is 9.64 Å². The standard InChI is InChI=1S/C14H23N5O3/c1-3-22-14(21)8-13(20)11-19-10-12(15-16-19)9-18-6-4-17(2)5-7-18/h10H,3-9,11H2,1-2H3. The second-order valence-corrected chi connectivity index (χ2v) is 5.51. The zero-order chi connectivity index (χ0) is 15.9. The minimum atomic E-state index is -0.495. The molecule has 0 radical (unpaired) electrons. The molecule has 1 fully saturated rings. The van der Waals surface area contributed by atoms with Crippen LogP contribution in [0.4, 0.5) is 0 Å². The Morgan fingerprint density at radius 2 is 2.00 bits per heavy atom. The van der Waals surface area contributed by atoms with Crippen LogP contribution in [0, 0.1) is 0 Å². The highest BCUT2D eigenvalue weighted by atomic mass is 16.5. The summed E-state index contributed by atoms with van der Waals surface area (Å²) in [4.78, 5) is 27.6. The summed E-state index contributed by atoms with van der Waals surface area (Å²) in [6, 6.07) is 0. The maximum absolute atomic E-state index is 11.7. The maximum atomic E-state index is 11.7. The van der Waals surface area contributed by atoms with Crippen LogP contribution in [0.2, 0.25) is 0 Å². The predicted molar refractivity (Wildman–Crippen MR) is 79.1 cm³/mol. The number of ether oxygens (including phenoxy) is 1. The molecule has 22 heavy (non-hydrogen) atoms. The third kappa shape index (κ3) is 5.19. The van der Waals surface area contributed by atoms with Crippen molar-refractivity contribution in [2.75, 3.05) is 39.8 Å². The number of rotatable bonds is 7. The molecule has 1 aliphatic heterocycles. The number of nitrogens with zero attached hydrogens (tertiary/aromatic N) is 5. The molecule has 1 aromatic heterocycles. The van der Waals surface area contributed by atoms with Crippen molar-refractivity contribution >= 4 is 11.8 Å². The average Bonchev–Trinajstić information content (AvgIpc) is 2.88. The first-order valence-corrected chi connectivity index (χ1v) is 7.54. The van der Waals surface area contributed by atoms with Crippen molar-refractivity contribution in [3.63, 3.8) is 0 Å². The summed E-state index contributed by atoms with van der Waals surface area (Å²) < 4.78 is 6.23. The summed E-state index contributed by atoms with van der Waals surface area (Å²) >= 11 is 0. The van der Waals surface area contributed by atoms with Crippen LogP contribution in [0.15, 0.2) is 6.20 Å². The van der Waals surface area contributed by atoms with E-state index in [-0.39, 0.29) is 25.4 Å². The molecule has 0 atom stereocenters. The minimum absolute atomic E-state index is 0.0502. The van der Waals surface area contributed by atoms with Gasteiger partial charge in [0.05, 0.1) is 18.5 Å². The second kappa shape index (κ2) is 8.00. The fourth-order valence-corrected chi connectivity index (χ4v) is 2.33. The third-order valence-electron chi connectivity index (χ3n) is 3.55. The van der Waals surface area contributed by atoms with Gasteiger partial charge in [-0.05, 0) is 14.0 Å². The van der Waals surface area contributed by atoms with Crippen LogP contribution in [0.3, 0.4) is 0 Å². The average molecular weight is 309 g/mol. The molecular formula is C14H23N5O3. The van der Waals surface area contributed by atoms with E-state index in [9.17, 15) is 9.59 Å². The fourth-order valence-electron chi connectivity index (χ4n) is 2.33. The van der Waals surface area contributed by atoms with Crippen molar-refractivity contribution in [3.8, 4) is 0 Å². The van der Waals surface area contributed by atoms with Crippen LogP contribution in [-0.4, -0.2) is 76.4 Å². The number of aromatic nitrogens is 3. The highest BCUT2D eigenvalue weighted by molar-refractivity contribution is 5.95. The van der Waals surface area contributed by atoms with Crippen molar-refractivity contribution in [1.82, 2.24) is 24.8 Å². The Morgan fingerprint density at radius 3 is 2.68 bits per heavy atom. The van der Waals surface area contributed by atoms with Crippen LogP contribution in [0.25, 0.3) is 0 Å². The van der Waals surface area contributed by atoms with Crippen molar-refractivity contribution in [2.45, 2.75) is 26.4 Å². The monoisotopic (exact) mass is 309 g/mol. The smallest absolute Gasteiger partial charge is 0.313 e. The Labute approximate surface area is 130 Å². The highest BCUT2D eigenvalue weighted by Crippen LogP contribution is 2.05. The second-order valence-electron chi connectivity index (χ2n) is 5.51. The van der Waals surface area contributed by atoms with Gasteiger partial charge in [0.15, 0.2) is 5.78 Å². The van der Waals surface area contributed by atoms with Gasteiger partial charge in [0.1, 0.15) is 13.0 Å². The van der Waals surface area contributed by atoms with Gasteiger partial charge in [-0.3, -0.25) is 14.5 Å². The summed E-state index contributed by atoms with van der Waals surface area (Å²) in [6.07, 6.45) is 1.54. The molecule has 0 bridgehead atoms. The van der Waals surface area contributed by atoms with Gasteiger partial charge in [0.25, 0.3) is 0 Å². The van der Waals surface area contributed by atoms with Gasteiger partial charge in [0, 0.05) is 32.7 Å². The summed E-state index contributed by atoms with van der Waals surface area (Å²) in [6.45, 7) is 6.89. The van der Waals surface area contributed by atoms with E-state index >= 15 is 0 Å². The van der Waals surface area contributed by atoms with Crippen molar-refractivity contribution < 1.29 is 14.3 Å². The van der Waals surface area contributed by atoms with E-state index in [0.29, 0.717) is 0 Å². The first-order valence-electron chi connectivity index (χ1n) is 7.54. The molecule has 0 amide bonds. The SMILES string of the molecule is CCOC(=O)CC(=O)Cn1cc(CN2CCN(C)CC2)nn1. The van der Waals surface area contributed by atoms with Gasteiger partial charge in [-0.15, -0.1) is 5.10 Å². The number of piperazine rings is 1. The Hall–Kier alpha value is -1.80. The lowest BCUT2D eigenvalue weighted by Crippen LogP contribution is -2.43. The quantitative estimate of drug-likeness (QED) is 0.498. The molecule has 0 unspecified atom stereocenters. The predicted octanol–water partition coefficient (Wildman–Crippen LogP) is -0.452. The molecule has 1 saturated heterocycles. The summed E-state index contributed by atoms with van der Waals surface area (Å²) in [5.74, 6) is -0.722. The van der Waals surface area contributed by atoms with E-state index in [0.717, 1.165) is 38.4 Å². The fraction of sp³-hybridized carbons (Fsp3) is 0.714. The molecule has 0 N–H and O–H groups in total. The van der Waals surface area contributed by atoms with Gasteiger partial charge in [0.2, 0.25) is 0 Å². The lowest BCUT2D eigenvalue weighted by molar-refractivity contribution is -0.145. The normalized spacial score (nSPS) is 16.6. The lowest BCUT2D eigenvalue weighted by atomic mass is 10.3. The van der Waals surface area contributed by atoms with Gasteiger partial charge >= 0.3 is 5.97 Å². The van der Waals surface area contributed by atoms with Crippen molar-refractivity contribution in [2.24, 2.45) is 0 Å². The first kappa shape index (κ1) is 16.6. The lowest BCUT2D eigenvalue weighted by Gasteiger charge is -2.31. The number of carbonyl (C=O) groups is 2. The van der Waals surface area contributed by atoms with E-state index in [1.54, 1.807) is 13.1 Å². The number of carbonyl (C=O) groups excluding carboxylic acids is 2. The summed E-state index contributed by atoms with van der Waals surface area (Å²) in [5, 5.41) is 8.03. The Kier molecular flexibility index (Phi) is 6.02. The number of hydrogen-bond acceptors (Lipinski definition) is 7. The minimum Gasteiger partial charge on any atom is -0.466 e. The van der Waals surface area contributed by atoms with Crippen LogP contribution in [0.1, 0.15) is 19.0 Å². The number of Topliss-reactive ketones (excluding diaryl/α,β-unsaturated/α-hetero) is 1. The molecule has 0 aromatic carbocycles. The molecule has 122 valence electrons. The third-order valence-corrected chi connectivity index (χ3v) is 3.55. The van der Waals surface area contributed by atoms with Crippen molar-refractivity contribution in [3.05, 3.63) is 11.9 Å². The number of likely N-dealkylation sites (N-methyl/N-ethyl adjacent to an activating group) is 1. The van der Waals surface area contributed by atoms with Gasteiger partial charge in [-0.25, -0.2) is 4.68 Å². The Balaban J connectivity index is 1.78. The Morgan fingerprint density at radius 1 is 1.27 bits per heavy atom. The topological polar surface area (TPSA) is 80.6 Å². The van der Waals surface area contributed by atoms with E-state index in [2.05, 4.69) is 27.2 Å². The first-order chi connectivity index (χ1) is 10.6. The van der Waals surface area contributed by atoms with E-state index < -0.39 is 5.97 Å². The molecule has 0 saturated carbocycles. The van der Waals surface area contributed by atoms with Gasteiger partial charge in [-0.1, -0.05) is 5.21 Å². The van der Waals surface area contributed by atoms with Crippen LogP contribution >= 0.6 is 0 Å². The van der Waals surface area contributed by atoms with Crippen molar-refractivity contribution in [1.29, 1.82) is 0 Å². The zero-order valence-corrected chi connectivity index (χ0v) is 13.2. The van der Waals surface area contributed by atoms with Gasteiger partial charge in [-0.2, -0.15) is 0 Å². The molecule has 8 nitrogen and oxygen atoms in total. The number of hydrogen-bond donors (Lipinski definition) is 0. The molecular weight excluding hydrogens is 286 g/mol. The molecule has 8 heteroatoms. The molecule has 1 aromatic rings. The van der Waals surface area contributed by atoms with E-state index in [1.165, 1.54) is 4.68 Å². The summed E-state index contributed by atoms with van der Waals surface area (Å²) in [5.41, 5.74) is 0.841. The molecule has 0 aliphatic carbocycles. The highest BCUT2D eigenvalue weighted by Gasteiger charge is 2.16. The largest absolute Gasteiger partial charge is 0.466 e. The van der Waals surface area contributed by atoms with E-state index in [1.807, 2.05) is 0 Å².